The average Bonchev–Trinajstić information content (AvgIpc) is 2.80. The molecule has 212 valence electrons. The molecule has 4 N–H and O–H groups in total. The Balaban J connectivity index is 0.00000342. The molecule has 1 saturated heterocycles. The van der Waals surface area contributed by atoms with Gasteiger partial charge in [-0.15, -0.1) is 24.8 Å². The number of hydrogen-bond acceptors (Lipinski definition) is 6. The first kappa shape index (κ1) is 33.4. The minimum absolute atomic E-state index is 0. The number of hydrogen-bond donors (Lipinski definition) is 3. The van der Waals surface area contributed by atoms with Crippen molar-refractivity contribution in [2.75, 3.05) is 25.1 Å². The van der Waals surface area contributed by atoms with Gasteiger partial charge < -0.3 is 25.8 Å². The molecule has 0 aliphatic carbocycles. The van der Waals surface area contributed by atoms with Crippen LogP contribution in [-0.4, -0.2) is 72.5 Å². The summed E-state index contributed by atoms with van der Waals surface area (Å²) in [6.07, 6.45) is 3.86. The van der Waals surface area contributed by atoms with E-state index in [4.69, 9.17) is 10.5 Å². The second-order valence-electron chi connectivity index (χ2n) is 11.3. The van der Waals surface area contributed by atoms with Crippen molar-refractivity contribution in [3.8, 4) is 0 Å². The third-order valence-electron chi connectivity index (χ3n) is 7.65. The Kier molecular flexibility index (Phi) is 13.1. The molecule has 5 atom stereocenters. The highest BCUT2D eigenvalue weighted by Crippen LogP contribution is 2.33. The number of nitrogens with zero attached hydrogens (tertiary/aromatic N) is 2. The fourth-order valence-corrected chi connectivity index (χ4v) is 5.69. The standard InChI is InChI=1S/C27H44N4O4.2ClH/c1-18-9-8-10-19(2)30(18)17-24(32)22(28)14-27(3,4)15-25(33)31-16-21(29-26(34)35-5)13-20-11-6-7-12-23(20)31;;/h6-7,11-12,18-19,21-22,24,32H,8-10,13-17,28H2,1-5H3,(H,29,34);2*1H/t18-,19+,21?,22-,24-;;/m0../s1. The Labute approximate surface area is 234 Å². The largest absolute Gasteiger partial charge is 0.453 e. The lowest BCUT2D eigenvalue weighted by atomic mass is 9.80. The maximum Gasteiger partial charge on any atom is 0.407 e. The summed E-state index contributed by atoms with van der Waals surface area (Å²) in [5.74, 6) is -0.0150. The first-order valence-electron chi connectivity index (χ1n) is 12.9. The number of nitrogens with one attached hydrogen (secondary N) is 1. The second kappa shape index (κ2) is 14.5. The molecule has 0 spiro atoms. The van der Waals surface area contributed by atoms with Crippen LogP contribution in [0.15, 0.2) is 24.3 Å². The van der Waals surface area contributed by atoms with Gasteiger partial charge in [0, 0.05) is 43.3 Å². The molecule has 3 rings (SSSR count). The number of aliphatic hydroxyl groups is 1. The number of fused-ring (bicyclic) bond motifs is 1. The minimum Gasteiger partial charge on any atom is -0.453 e. The number of rotatable bonds is 8. The van der Waals surface area contributed by atoms with E-state index >= 15 is 0 Å². The monoisotopic (exact) mass is 560 g/mol. The molecule has 1 unspecified atom stereocenters. The molecule has 1 aromatic carbocycles. The molecular formula is C27H46Cl2N4O4. The van der Waals surface area contributed by atoms with Crippen molar-refractivity contribution >= 4 is 42.5 Å². The molecule has 0 saturated carbocycles. The zero-order valence-electron chi connectivity index (χ0n) is 22.8. The molecule has 0 bridgehead atoms. The van der Waals surface area contributed by atoms with E-state index in [1.165, 1.54) is 13.5 Å². The lowest BCUT2D eigenvalue weighted by molar-refractivity contribution is -0.121. The fraction of sp³-hybridized carbons (Fsp3) is 0.704. The number of ether oxygens (including phenoxy) is 1. The Morgan fingerprint density at radius 3 is 2.43 bits per heavy atom. The van der Waals surface area contributed by atoms with Crippen molar-refractivity contribution in [3.63, 3.8) is 0 Å². The van der Waals surface area contributed by atoms with Gasteiger partial charge in [-0.2, -0.15) is 0 Å². The molecule has 10 heteroatoms. The van der Waals surface area contributed by atoms with E-state index in [1.54, 1.807) is 4.90 Å². The van der Waals surface area contributed by atoms with Crippen molar-refractivity contribution in [2.45, 2.75) is 96.5 Å². The number of carbonyl (C=O) groups excluding carboxylic acids is 2. The predicted octanol–water partition coefficient (Wildman–Crippen LogP) is 3.90. The number of likely N-dealkylation sites (tertiary alicyclic amines) is 1. The van der Waals surface area contributed by atoms with E-state index < -0.39 is 23.7 Å². The SMILES string of the molecule is COC(=O)NC1Cc2ccccc2N(C(=O)CC(C)(C)C[C@H](N)[C@@H](O)CN2[C@H](C)CCC[C@@H]2C)C1.Cl.Cl. The molecule has 0 aromatic heterocycles. The normalized spacial score (nSPS) is 23.5. The number of carbonyl (C=O) groups is 2. The highest BCUT2D eigenvalue weighted by atomic mass is 35.5. The number of benzene rings is 1. The predicted molar refractivity (Wildman–Crippen MR) is 153 cm³/mol. The van der Waals surface area contributed by atoms with Crippen LogP contribution in [-0.2, 0) is 16.0 Å². The maximum absolute atomic E-state index is 13.5. The molecule has 1 fully saturated rings. The van der Waals surface area contributed by atoms with Gasteiger partial charge in [0.05, 0.1) is 19.3 Å². The molecule has 8 nitrogen and oxygen atoms in total. The summed E-state index contributed by atoms with van der Waals surface area (Å²) in [6, 6.07) is 8.06. The Morgan fingerprint density at radius 1 is 1.19 bits per heavy atom. The van der Waals surface area contributed by atoms with Gasteiger partial charge in [-0.25, -0.2) is 4.79 Å². The first-order chi connectivity index (χ1) is 16.5. The van der Waals surface area contributed by atoms with Gasteiger partial charge in [-0.1, -0.05) is 38.5 Å². The van der Waals surface area contributed by atoms with E-state index in [2.05, 4.69) is 24.1 Å². The van der Waals surface area contributed by atoms with Crippen molar-refractivity contribution in [2.24, 2.45) is 11.1 Å². The van der Waals surface area contributed by atoms with Crippen LogP contribution in [0.25, 0.3) is 0 Å². The highest BCUT2D eigenvalue weighted by molar-refractivity contribution is 5.95. The number of aliphatic hydroxyl groups excluding tert-OH is 1. The topological polar surface area (TPSA) is 108 Å². The third-order valence-corrected chi connectivity index (χ3v) is 7.65. The van der Waals surface area contributed by atoms with Crippen LogP contribution in [0.3, 0.4) is 0 Å². The summed E-state index contributed by atoms with van der Waals surface area (Å²) in [5.41, 5.74) is 7.98. The van der Waals surface area contributed by atoms with E-state index in [1.807, 2.05) is 38.1 Å². The number of β-amino-alcohol motifs (C(OH)–C–C–N with tert-alkyl or cyclic N) is 1. The first-order valence-corrected chi connectivity index (χ1v) is 12.9. The van der Waals surface area contributed by atoms with E-state index in [0.29, 0.717) is 44.4 Å². The maximum atomic E-state index is 13.5. The summed E-state index contributed by atoms with van der Waals surface area (Å²) >= 11 is 0. The van der Waals surface area contributed by atoms with Crippen LogP contribution >= 0.6 is 24.8 Å². The number of anilines is 1. The van der Waals surface area contributed by atoms with Crippen molar-refractivity contribution in [1.82, 2.24) is 10.2 Å². The number of methoxy groups -OCH3 is 1. The van der Waals surface area contributed by atoms with Crippen molar-refractivity contribution < 1.29 is 19.4 Å². The molecule has 37 heavy (non-hydrogen) atoms. The molecule has 2 amide bonds. The highest BCUT2D eigenvalue weighted by Gasteiger charge is 2.35. The number of nitrogens with two attached hydrogens (primary N) is 1. The third kappa shape index (κ3) is 8.99. The van der Waals surface area contributed by atoms with Crippen LogP contribution in [0.2, 0.25) is 0 Å². The lowest BCUT2D eigenvalue weighted by Gasteiger charge is -2.41. The van der Waals surface area contributed by atoms with Gasteiger partial charge >= 0.3 is 6.09 Å². The van der Waals surface area contributed by atoms with Gasteiger partial charge in [0.2, 0.25) is 5.91 Å². The number of alkyl carbamates (subject to hydrolysis) is 1. The van der Waals surface area contributed by atoms with Crippen LogP contribution < -0.4 is 16.0 Å². The molecule has 1 aromatic rings. The summed E-state index contributed by atoms with van der Waals surface area (Å²) in [5, 5.41) is 13.7. The molecule has 2 aliphatic heterocycles. The van der Waals surface area contributed by atoms with Gasteiger partial charge in [0.1, 0.15) is 0 Å². The molecule has 0 radical (unpaired) electrons. The molecule has 2 aliphatic rings. The van der Waals surface area contributed by atoms with E-state index in [0.717, 1.165) is 24.1 Å². The molecular weight excluding hydrogens is 515 g/mol. The summed E-state index contributed by atoms with van der Waals surface area (Å²) in [7, 11) is 1.34. The quantitative estimate of drug-likeness (QED) is 0.445. The van der Waals surface area contributed by atoms with Gasteiger partial charge in [-0.3, -0.25) is 9.69 Å². The van der Waals surface area contributed by atoms with Crippen LogP contribution in [0.5, 0.6) is 0 Å². The number of para-hydroxylation sites is 1. The van der Waals surface area contributed by atoms with Crippen LogP contribution in [0.1, 0.15) is 65.4 Å². The van der Waals surface area contributed by atoms with Gasteiger partial charge in [0.15, 0.2) is 0 Å². The zero-order chi connectivity index (χ0) is 25.8. The summed E-state index contributed by atoms with van der Waals surface area (Å²) < 4.78 is 4.76. The second-order valence-corrected chi connectivity index (χ2v) is 11.3. The Hall–Kier alpha value is -1.58. The number of amides is 2. The van der Waals surface area contributed by atoms with Crippen molar-refractivity contribution in [3.05, 3.63) is 29.8 Å². The Morgan fingerprint density at radius 2 is 1.81 bits per heavy atom. The number of piperidine rings is 1. The minimum atomic E-state index is -0.642. The Bertz CT molecular complexity index is 878. The summed E-state index contributed by atoms with van der Waals surface area (Å²) in [6.45, 7) is 9.45. The lowest BCUT2D eigenvalue weighted by Crippen LogP contribution is -2.52. The van der Waals surface area contributed by atoms with Gasteiger partial charge in [0.25, 0.3) is 0 Å². The van der Waals surface area contributed by atoms with Gasteiger partial charge in [-0.05, 0) is 56.6 Å². The molecule has 2 heterocycles. The summed E-state index contributed by atoms with van der Waals surface area (Å²) in [4.78, 5) is 29.4. The van der Waals surface area contributed by atoms with Crippen molar-refractivity contribution in [1.29, 1.82) is 0 Å². The zero-order valence-corrected chi connectivity index (χ0v) is 24.4. The van der Waals surface area contributed by atoms with E-state index in [9.17, 15) is 14.7 Å². The van der Waals surface area contributed by atoms with Crippen LogP contribution in [0, 0.1) is 5.41 Å². The fourth-order valence-electron chi connectivity index (χ4n) is 5.69. The number of halogens is 2. The van der Waals surface area contributed by atoms with E-state index in [-0.39, 0.29) is 36.8 Å². The smallest absolute Gasteiger partial charge is 0.407 e. The van der Waals surface area contributed by atoms with Crippen LogP contribution in [0.4, 0.5) is 10.5 Å². The average molecular weight is 562 g/mol.